The van der Waals surface area contributed by atoms with Crippen molar-refractivity contribution in [3.05, 3.63) is 29.3 Å². The van der Waals surface area contributed by atoms with Gasteiger partial charge in [0, 0.05) is 56.9 Å². The Hall–Kier alpha value is -2.98. The molecule has 1 unspecified atom stereocenters. The Morgan fingerprint density at radius 2 is 1.69 bits per heavy atom. The molecular formula is C29H41N5O5. The number of hydrogen-bond donors (Lipinski definition) is 1. The third kappa shape index (κ3) is 6.61. The van der Waals surface area contributed by atoms with Crippen LogP contribution in [-0.2, 0) is 25.7 Å². The number of nitrogens with one attached hydrogen (secondary N) is 1. The lowest BCUT2D eigenvalue weighted by Crippen LogP contribution is -2.52. The Bertz CT molecular complexity index is 1120. The molecule has 1 atom stereocenters. The largest absolute Gasteiger partial charge is 0.459 e. The van der Waals surface area contributed by atoms with Crippen molar-refractivity contribution in [1.82, 2.24) is 20.0 Å². The van der Waals surface area contributed by atoms with Crippen LogP contribution in [0.2, 0.25) is 0 Å². The number of piperazine rings is 1. The normalized spacial score (nSPS) is 23.7. The van der Waals surface area contributed by atoms with Gasteiger partial charge >= 0.3 is 5.97 Å². The fourth-order valence-electron chi connectivity index (χ4n) is 6.19. The SMILES string of the molecule is CC(C)(C)OC(=O)CN1CCC(CN2CCN(c3ccc4c(c3)CN(C3CCC(=O)NC3=O)C4=O)CC2)CC1. The summed E-state index contributed by atoms with van der Waals surface area (Å²) in [4.78, 5) is 57.7. The van der Waals surface area contributed by atoms with Crippen LogP contribution < -0.4 is 10.2 Å². The van der Waals surface area contributed by atoms with E-state index < -0.39 is 11.6 Å². The van der Waals surface area contributed by atoms with Crippen molar-refractivity contribution in [1.29, 1.82) is 0 Å². The van der Waals surface area contributed by atoms with Crippen molar-refractivity contribution in [2.24, 2.45) is 5.92 Å². The summed E-state index contributed by atoms with van der Waals surface area (Å²) in [5, 5.41) is 2.36. The fourth-order valence-corrected chi connectivity index (χ4v) is 6.19. The molecule has 4 heterocycles. The van der Waals surface area contributed by atoms with Crippen molar-refractivity contribution in [3.63, 3.8) is 0 Å². The highest BCUT2D eigenvalue weighted by Crippen LogP contribution is 2.31. The number of hydrogen-bond acceptors (Lipinski definition) is 8. The van der Waals surface area contributed by atoms with Gasteiger partial charge in [-0.2, -0.15) is 0 Å². The van der Waals surface area contributed by atoms with Crippen LogP contribution in [-0.4, -0.2) is 102 Å². The number of esters is 1. The highest BCUT2D eigenvalue weighted by Gasteiger charge is 2.39. The van der Waals surface area contributed by atoms with E-state index in [9.17, 15) is 19.2 Å². The van der Waals surface area contributed by atoms with Crippen LogP contribution in [0.5, 0.6) is 0 Å². The van der Waals surface area contributed by atoms with Crippen LogP contribution in [0.15, 0.2) is 18.2 Å². The van der Waals surface area contributed by atoms with E-state index in [1.165, 1.54) is 0 Å². The molecule has 10 heteroatoms. The quantitative estimate of drug-likeness (QED) is 0.430. The van der Waals surface area contributed by atoms with E-state index >= 15 is 0 Å². The topological polar surface area (TPSA) is 102 Å². The van der Waals surface area contributed by atoms with E-state index in [1.807, 2.05) is 32.9 Å². The Morgan fingerprint density at radius 1 is 0.974 bits per heavy atom. The number of nitrogens with zero attached hydrogens (tertiary/aromatic N) is 4. The summed E-state index contributed by atoms with van der Waals surface area (Å²) in [5.41, 5.74) is 2.27. The first-order chi connectivity index (χ1) is 18.6. The van der Waals surface area contributed by atoms with Gasteiger partial charge in [0.2, 0.25) is 11.8 Å². The lowest BCUT2D eigenvalue weighted by atomic mass is 9.96. The van der Waals surface area contributed by atoms with Crippen molar-refractivity contribution >= 4 is 29.4 Å². The second-order valence-electron chi connectivity index (χ2n) is 12.3. The first-order valence-corrected chi connectivity index (χ1v) is 14.2. The van der Waals surface area contributed by atoms with Gasteiger partial charge in [-0.3, -0.25) is 34.3 Å². The zero-order valence-corrected chi connectivity index (χ0v) is 23.4. The number of carbonyl (C=O) groups is 4. The summed E-state index contributed by atoms with van der Waals surface area (Å²) in [6.45, 7) is 13.3. The van der Waals surface area contributed by atoms with Gasteiger partial charge in [0.05, 0.1) is 6.54 Å². The maximum Gasteiger partial charge on any atom is 0.320 e. The number of amides is 3. The van der Waals surface area contributed by atoms with Gasteiger partial charge in [0.25, 0.3) is 5.91 Å². The summed E-state index contributed by atoms with van der Waals surface area (Å²) in [6.07, 6.45) is 2.84. The second-order valence-corrected chi connectivity index (χ2v) is 12.3. The number of carbonyl (C=O) groups excluding carboxylic acids is 4. The van der Waals surface area contributed by atoms with Gasteiger partial charge < -0.3 is 14.5 Å². The summed E-state index contributed by atoms with van der Waals surface area (Å²) >= 11 is 0. The second kappa shape index (κ2) is 11.3. The highest BCUT2D eigenvalue weighted by atomic mass is 16.6. The lowest BCUT2D eigenvalue weighted by molar-refractivity contribution is -0.156. The monoisotopic (exact) mass is 539 g/mol. The molecular weight excluding hydrogens is 498 g/mol. The van der Waals surface area contributed by atoms with E-state index in [2.05, 4.69) is 26.1 Å². The zero-order chi connectivity index (χ0) is 27.7. The predicted octanol–water partition coefficient (Wildman–Crippen LogP) is 1.62. The van der Waals surface area contributed by atoms with Crippen molar-refractivity contribution in [3.8, 4) is 0 Å². The van der Waals surface area contributed by atoms with E-state index in [0.717, 1.165) is 69.9 Å². The average molecular weight is 540 g/mol. The minimum Gasteiger partial charge on any atom is -0.459 e. The molecule has 1 aromatic carbocycles. The van der Waals surface area contributed by atoms with Gasteiger partial charge in [0.1, 0.15) is 11.6 Å². The van der Waals surface area contributed by atoms with Crippen LogP contribution in [0.3, 0.4) is 0 Å². The molecule has 0 saturated carbocycles. The van der Waals surface area contributed by atoms with Gasteiger partial charge in [0.15, 0.2) is 0 Å². The Morgan fingerprint density at radius 3 is 2.36 bits per heavy atom. The molecule has 4 aliphatic rings. The molecule has 39 heavy (non-hydrogen) atoms. The summed E-state index contributed by atoms with van der Waals surface area (Å²) in [7, 11) is 0. The Labute approximate surface area is 230 Å². The number of piperidine rings is 2. The molecule has 212 valence electrons. The maximum atomic E-state index is 13.0. The smallest absolute Gasteiger partial charge is 0.320 e. The summed E-state index contributed by atoms with van der Waals surface area (Å²) in [6, 6.07) is 5.41. The number of anilines is 1. The maximum absolute atomic E-state index is 13.0. The van der Waals surface area contributed by atoms with E-state index in [0.29, 0.717) is 31.0 Å². The van der Waals surface area contributed by atoms with Crippen LogP contribution in [0, 0.1) is 5.92 Å². The summed E-state index contributed by atoms with van der Waals surface area (Å²) < 4.78 is 5.47. The Kier molecular flexibility index (Phi) is 7.96. The zero-order valence-electron chi connectivity index (χ0n) is 23.4. The van der Waals surface area contributed by atoms with Crippen LogP contribution >= 0.6 is 0 Å². The van der Waals surface area contributed by atoms with Gasteiger partial charge in [-0.25, -0.2) is 0 Å². The number of imide groups is 1. The molecule has 1 aromatic rings. The van der Waals surface area contributed by atoms with E-state index in [4.69, 9.17) is 4.74 Å². The van der Waals surface area contributed by atoms with E-state index in [1.54, 1.807) is 4.90 Å². The van der Waals surface area contributed by atoms with Gasteiger partial charge in [-0.05, 0) is 82.8 Å². The average Bonchev–Trinajstić information content (AvgIpc) is 3.20. The molecule has 3 amide bonds. The molecule has 1 N–H and O–H groups in total. The van der Waals surface area contributed by atoms with Crippen molar-refractivity contribution in [2.45, 2.75) is 64.6 Å². The third-order valence-corrected chi connectivity index (χ3v) is 8.24. The minimum atomic E-state index is -0.584. The minimum absolute atomic E-state index is 0.131. The standard InChI is InChI=1S/C29H41N5O5/c1-29(2,3)39-26(36)19-31-10-8-20(9-11-31)17-32-12-14-33(15-13-32)22-4-5-23-21(16-22)18-34(28(23)38)24-6-7-25(35)30-27(24)37/h4-5,16,20,24H,6-15,17-19H2,1-3H3,(H,30,35,37). The molecule has 0 bridgehead atoms. The predicted molar refractivity (Wildman–Crippen MR) is 146 cm³/mol. The fraction of sp³-hybridized carbons (Fsp3) is 0.655. The Balaban J connectivity index is 1.08. The molecule has 3 fully saturated rings. The molecule has 10 nitrogen and oxygen atoms in total. The van der Waals surface area contributed by atoms with Gasteiger partial charge in [-0.1, -0.05) is 0 Å². The van der Waals surface area contributed by atoms with Crippen molar-refractivity contribution in [2.75, 3.05) is 57.3 Å². The molecule has 0 aromatic heterocycles. The van der Waals surface area contributed by atoms with E-state index in [-0.39, 0.29) is 30.1 Å². The first kappa shape index (κ1) is 27.6. The lowest BCUT2D eigenvalue weighted by Gasteiger charge is -2.39. The molecule has 0 spiro atoms. The molecule has 3 saturated heterocycles. The number of likely N-dealkylation sites (tertiary alicyclic amines) is 1. The van der Waals surface area contributed by atoms with Crippen LogP contribution in [0.1, 0.15) is 62.4 Å². The molecule has 0 aliphatic carbocycles. The number of ether oxygens (including phenoxy) is 1. The highest BCUT2D eigenvalue weighted by molar-refractivity contribution is 6.05. The molecule has 5 rings (SSSR count). The third-order valence-electron chi connectivity index (χ3n) is 8.24. The summed E-state index contributed by atoms with van der Waals surface area (Å²) in [5.74, 6) is -0.275. The van der Waals surface area contributed by atoms with Crippen molar-refractivity contribution < 1.29 is 23.9 Å². The van der Waals surface area contributed by atoms with Gasteiger partial charge in [-0.15, -0.1) is 0 Å². The number of benzene rings is 1. The molecule has 4 aliphatic heterocycles. The first-order valence-electron chi connectivity index (χ1n) is 14.2. The molecule has 0 radical (unpaired) electrons. The number of fused-ring (bicyclic) bond motifs is 1. The number of rotatable bonds is 6. The van der Waals surface area contributed by atoms with Crippen LogP contribution in [0.4, 0.5) is 5.69 Å². The van der Waals surface area contributed by atoms with Crippen LogP contribution in [0.25, 0.3) is 0 Å².